The number of nitro groups is 1. The smallest absolute Gasteiger partial charge is 0.269 e. The molecule has 1 aromatic heterocycles. The number of nitriles is 1. The van der Waals surface area contributed by atoms with Gasteiger partial charge in [0, 0.05) is 17.0 Å². The van der Waals surface area contributed by atoms with E-state index >= 15 is 0 Å². The lowest BCUT2D eigenvalue weighted by molar-refractivity contribution is -0.384. The Bertz CT molecular complexity index is 914. The Morgan fingerprint density at radius 1 is 1.44 bits per heavy atom. The number of thiophene rings is 1. The maximum Gasteiger partial charge on any atom is 0.269 e. The van der Waals surface area contributed by atoms with Crippen molar-refractivity contribution in [3.05, 3.63) is 50.4 Å². The third-order valence-corrected chi connectivity index (χ3v) is 5.76. The number of amides is 1. The minimum absolute atomic E-state index is 0.0449. The molecule has 1 aromatic carbocycles. The minimum Gasteiger partial charge on any atom is -0.481 e. The standard InChI is InChI=1S/C19H19N3O4S/c1-11-3-8-15-16(10-20)19(27-17(15)9-11)21-18(23)12(2)26-14-6-4-13(5-7-14)22(24)25/h4-7,11-12H,3,8-9H2,1-2H3,(H,21,23)/t11-,12-/m1/s1. The molecule has 27 heavy (non-hydrogen) atoms. The fraction of sp³-hybridized carbons (Fsp3) is 0.368. The van der Waals surface area contributed by atoms with Crippen molar-refractivity contribution in [2.24, 2.45) is 5.92 Å². The molecule has 0 fully saturated rings. The summed E-state index contributed by atoms with van der Waals surface area (Å²) < 4.78 is 5.56. The lowest BCUT2D eigenvalue weighted by Crippen LogP contribution is -2.30. The molecule has 2 atom stereocenters. The van der Waals surface area contributed by atoms with Gasteiger partial charge < -0.3 is 10.1 Å². The zero-order valence-corrected chi connectivity index (χ0v) is 15.8. The van der Waals surface area contributed by atoms with Crippen molar-refractivity contribution >= 4 is 27.9 Å². The number of carbonyl (C=O) groups is 1. The number of rotatable bonds is 5. The van der Waals surface area contributed by atoms with Gasteiger partial charge >= 0.3 is 0 Å². The van der Waals surface area contributed by atoms with E-state index in [1.807, 2.05) is 0 Å². The summed E-state index contributed by atoms with van der Waals surface area (Å²) in [5, 5.41) is 23.6. The van der Waals surface area contributed by atoms with Crippen LogP contribution in [-0.2, 0) is 17.6 Å². The van der Waals surface area contributed by atoms with E-state index in [2.05, 4.69) is 18.3 Å². The van der Waals surface area contributed by atoms with Gasteiger partial charge in [-0.1, -0.05) is 6.92 Å². The van der Waals surface area contributed by atoms with Crippen LogP contribution in [0.3, 0.4) is 0 Å². The van der Waals surface area contributed by atoms with Crippen LogP contribution in [0.25, 0.3) is 0 Å². The van der Waals surface area contributed by atoms with Crippen molar-refractivity contribution < 1.29 is 14.5 Å². The number of ether oxygens (including phenoxy) is 1. The van der Waals surface area contributed by atoms with Crippen LogP contribution in [0.2, 0.25) is 0 Å². The highest BCUT2D eigenvalue weighted by atomic mass is 32.1. The Kier molecular flexibility index (Phi) is 5.42. The Morgan fingerprint density at radius 2 is 2.15 bits per heavy atom. The number of nitrogens with zero attached hydrogens (tertiary/aromatic N) is 2. The van der Waals surface area contributed by atoms with E-state index < -0.39 is 11.0 Å². The van der Waals surface area contributed by atoms with Gasteiger partial charge in [0.25, 0.3) is 11.6 Å². The van der Waals surface area contributed by atoms with Crippen LogP contribution in [0, 0.1) is 27.4 Å². The highest BCUT2D eigenvalue weighted by molar-refractivity contribution is 7.16. The zero-order valence-electron chi connectivity index (χ0n) is 15.0. The van der Waals surface area contributed by atoms with Gasteiger partial charge in [0.2, 0.25) is 0 Å². The van der Waals surface area contributed by atoms with Gasteiger partial charge in [0.1, 0.15) is 16.8 Å². The van der Waals surface area contributed by atoms with Crippen molar-refractivity contribution in [1.82, 2.24) is 0 Å². The molecule has 3 rings (SSSR count). The normalized spacial score (nSPS) is 16.7. The monoisotopic (exact) mass is 385 g/mol. The maximum absolute atomic E-state index is 12.5. The summed E-state index contributed by atoms with van der Waals surface area (Å²) >= 11 is 1.46. The molecule has 0 unspecified atom stereocenters. The lowest BCUT2D eigenvalue weighted by Gasteiger charge is -2.17. The van der Waals surface area contributed by atoms with Crippen molar-refractivity contribution in [3.8, 4) is 11.8 Å². The molecule has 0 spiro atoms. The number of anilines is 1. The number of non-ortho nitro benzene ring substituents is 1. The molecule has 0 radical (unpaired) electrons. The first-order valence-corrected chi connectivity index (χ1v) is 9.47. The molecular weight excluding hydrogens is 366 g/mol. The summed E-state index contributed by atoms with van der Waals surface area (Å²) in [5.41, 5.74) is 1.56. The van der Waals surface area contributed by atoms with Crippen LogP contribution in [0.4, 0.5) is 10.7 Å². The van der Waals surface area contributed by atoms with Crippen LogP contribution in [-0.4, -0.2) is 16.9 Å². The predicted octanol–water partition coefficient (Wildman–Crippen LogP) is 4.06. The molecule has 1 aliphatic rings. The summed E-state index contributed by atoms with van der Waals surface area (Å²) in [6, 6.07) is 7.77. The molecule has 0 saturated heterocycles. The molecule has 0 saturated carbocycles. The molecule has 0 aliphatic heterocycles. The Morgan fingerprint density at radius 3 is 2.78 bits per heavy atom. The first kappa shape index (κ1) is 18.9. The second kappa shape index (κ2) is 7.76. The van der Waals surface area contributed by atoms with Gasteiger partial charge in [0.15, 0.2) is 6.10 Å². The zero-order chi connectivity index (χ0) is 19.6. The first-order chi connectivity index (χ1) is 12.9. The Labute approximate surface area is 160 Å². The topological polar surface area (TPSA) is 105 Å². The Hall–Kier alpha value is -2.92. The lowest BCUT2D eigenvalue weighted by atomic mass is 9.88. The van der Waals surface area contributed by atoms with Gasteiger partial charge in [-0.2, -0.15) is 5.26 Å². The number of hydrogen-bond acceptors (Lipinski definition) is 6. The SMILES string of the molecule is C[C@@H]1CCc2c(sc(NC(=O)[C@@H](C)Oc3ccc([N+](=O)[O-])cc3)c2C#N)C1. The molecule has 8 heteroatoms. The van der Waals surface area contributed by atoms with Gasteiger partial charge in [-0.05, 0) is 49.8 Å². The first-order valence-electron chi connectivity index (χ1n) is 8.65. The minimum atomic E-state index is -0.809. The van der Waals surface area contributed by atoms with E-state index in [0.717, 1.165) is 24.8 Å². The largest absolute Gasteiger partial charge is 0.481 e. The third-order valence-electron chi connectivity index (χ3n) is 4.59. The quantitative estimate of drug-likeness (QED) is 0.617. The number of benzene rings is 1. The Balaban J connectivity index is 1.70. The molecule has 140 valence electrons. The van der Waals surface area contributed by atoms with Crippen LogP contribution in [0.5, 0.6) is 5.75 Å². The van der Waals surface area contributed by atoms with Crippen LogP contribution in [0.1, 0.15) is 36.3 Å². The van der Waals surface area contributed by atoms with E-state index in [-0.39, 0.29) is 11.6 Å². The molecule has 7 nitrogen and oxygen atoms in total. The highest BCUT2D eigenvalue weighted by Gasteiger charge is 2.26. The van der Waals surface area contributed by atoms with Crippen LogP contribution >= 0.6 is 11.3 Å². The van der Waals surface area contributed by atoms with Crippen LogP contribution in [0.15, 0.2) is 24.3 Å². The van der Waals surface area contributed by atoms with E-state index in [1.165, 1.54) is 40.5 Å². The van der Waals surface area contributed by atoms with E-state index in [1.54, 1.807) is 6.92 Å². The molecule has 1 amide bonds. The fourth-order valence-electron chi connectivity index (χ4n) is 3.07. The van der Waals surface area contributed by atoms with Gasteiger partial charge in [-0.3, -0.25) is 14.9 Å². The van der Waals surface area contributed by atoms with Crippen molar-refractivity contribution in [3.63, 3.8) is 0 Å². The molecule has 1 N–H and O–H groups in total. The number of fused-ring (bicyclic) bond motifs is 1. The summed E-state index contributed by atoms with van der Waals surface area (Å²) in [6.07, 6.45) is 2.03. The molecule has 1 aliphatic carbocycles. The summed E-state index contributed by atoms with van der Waals surface area (Å²) in [4.78, 5) is 23.8. The molecule has 1 heterocycles. The summed E-state index contributed by atoms with van der Waals surface area (Å²) in [6.45, 7) is 3.78. The van der Waals surface area contributed by atoms with Crippen molar-refractivity contribution in [2.45, 2.75) is 39.2 Å². The molecular formula is C19H19N3O4S. The third kappa shape index (κ3) is 4.09. The van der Waals surface area contributed by atoms with Crippen molar-refractivity contribution in [1.29, 1.82) is 5.26 Å². The van der Waals surface area contributed by atoms with E-state index in [4.69, 9.17) is 4.74 Å². The number of nitrogens with one attached hydrogen (secondary N) is 1. The predicted molar refractivity (Wildman–Crippen MR) is 102 cm³/mol. The second-order valence-electron chi connectivity index (χ2n) is 6.67. The fourth-order valence-corrected chi connectivity index (χ4v) is 4.44. The van der Waals surface area contributed by atoms with Gasteiger partial charge in [-0.25, -0.2) is 0 Å². The maximum atomic E-state index is 12.5. The second-order valence-corrected chi connectivity index (χ2v) is 7.77. The summed E-state index contributed by atoms with van der Waals surface area (Å²) in [5.74, 6) is 0.579. The van der Waals surface area contributed by atoms with Gasteiger partial charge in [-0.15, -0.1) is 11.3 Å². The average Bonchev–Trinajstić information content (AvgIpc) is 2.97. The molecule has 2 aromatic rings. The number of carbonyl (C=O) groups excluding carboxylic acids is 1. The summed E-state index contributed by atoms with van der Waals surface area (Å²) in [7, 11) is 0. The van der Waals surface area contributed by atoms with E-state index in [9.17, 15) is 20.2 Å². The highest BCUT2D eigenvalue weighted by Crippen LogP contribution is 2.39. The van der Waals surface area contributed by atoms with Crippen molar-refractivity contribution in [2.75, 3.05) is 5.32 Å². The van der Waals surface area contributed by atoms with E-state index in [0.29, 0.717) is 22.2 Å². The van der Waals surface area contributed by atoms with Gasteiger partial charge in [0.05, 0.1) is 10.5 Å². The molecule has 0 bridgehead atoms. The average molecular weight is 385 g/mol. The number of nitro benzene ring substituents is 1. The van der Waals surface area contributed by atoms with Crippen LogP contribution < -0.4 is 10.1 Å². The number of hydrogen-bond donors (Lipinski definition) is 1.